The van der Waals surface area contributed by atoms with Crippen molar-refractivity contribution in [2.24, 2.45) is 0 Å². The van der Waals surface area contributed by atoms with E-state index in [0.29, 0.717) is 5.92 Å². The molecular formula is C11H19N3. The van der Waals surface area contributed by atoms with Gasteiger partial charge in [0.15, 0.2) is 0 Å². The van der Waals surface area contributed by atoms with Crippen LogP contribution in [0.4, 0.5) is 0 Å². The molecule has 0 spiro atoms. The second kappa shape index (κ2) is 4.13. The highest BCUT2D eigenvalue weighted by Crippen LogP contribution is 2.30. The largest absolute Gasteiger partial charge is 0.319 e. The molecule has 0 bridgehead atoms. The lowest BCUT2D eigenvalue weighted by atomic mass is 9.87. The minimum Gasteiger partial charge on any atom is -0.319 e. The molecule has 78 valence electrons. The summed E-state index contributed by atoms with van der Waals surface area (Å²) in [5, 5.41) is 7.86. The first-order valence-corrected chi connectivity index (χ1v) is 5.56. The van der Waals surface area contributed by atoms with Gasteiger partial charge in [-0.1, -0.05) is 0 Å². The van der Waals surface area contributed by atoms with Crippen molar-refractivity contribution in [2.75, 3.05) is 13.6 Å². The van der Waals surface area contributed by atoms with E-state index in [1.807, 2.05) is 7.05 Å². The molecule has 1 heterocycles. The third-order valence-corrected chi connectivity index (χ3v) is 3.05. The van der Waals surface area contributed by atoms with Crippen LogP contribution < -0.4 is 5.32 Å². The molecule has 0 aliphatic heterocycles. The Hall–Kier alpha value is -0.830. The van der Waals surface area contributed by atoms with Crippen LogP contribution in [-0.4, -0.2) is 23.4 Å². The number of nitrogens with zero attached hydrogens (tertiary/aromatic N) is 2. The van der Waals surface area contributed by atoms with Crippen molar-refractivity contribution in [3.63, 3.8) is 0 Å². The summed E-state index contributed by atoms with van der Waals surface area (Å²) in [6.45, 7) is 4.22. The molecule has 0 aromatic carbocycles. The van der Waals surface area contributed by atoms with Crippen LogP contribution in [0.2, 0.25) is 0 Å². The number of fused-ring (bicyclic) bond motifs is 1. The number of nitrogens with one attached hydrogen (secondary N) is 1. The zero-order valence-electron chi connectivity index (χ0n) is 9.08. The molecule has 1 aliphatic carbocycles. The van der Waals surface area contributed by atoms with E-state index in [1.54, 1.807) is 0 Å². The molecule has 14 heavy (non-hydrogen) atoms. The summed E-state index contributed by atoms with van der Waals surface area (Å²) in [5.41, 5.74) is 2.81. The van der Waals surface area contributed by atoms with Crippen LogP contribution in [0.15, 0.2) is 6.20 Å². The van der Waals surface area contributed by atoms with E-state index < -0.39 is 0 Å². The van der Waals surface area contributed by atoms with Crippen LogP contribution in [0.1, 0.15) is 36.9 Å². The van der Waals surface area contributed by atoms with E-state index in [2.05, 4.69) is 28.2 Å². The fraction of sp³-hybridized carbons (Fsp3) is 0.727. The molecule has 1 aromatic heterocycles. The second-order valence-corrected chi connectivity index (χ2v) is 4.03. The number of rotatable bonds is 3. The lowest BCUT2D eigenvalue weighted by Crippen LogP contribution is -2.20. The number of hydrogen-bond donors (Lipinski definition) is 1. The fourth-order valence-corrected chi connectivity index (χ4v) is 2.30. The molecule has 1 aliphatic rings. The SMILES string of the molecule is CCn1cc2c(n1)CCCC2CNC. The molecule has 1 atom stereocenters. The minimum atomic E-state index is 0.684. The lowest BCUT2D eigenvalue weighted by Gasteiger charge is -2.20. The predicted molar refractivity (Wildman–Crippen MR) is 57.5 cm³/mol. The van der Waals surface area contributed by atoms with Gasteiger partial charge in [-0.05, 0) is 44.7 Å². The molecule has 0 amide bonds. The Balaban J connectivity index is 2.24. The summed E-state index contributed by atoms with van der Waals surface area (Å²) in [6.07, 6.45) is 6.00. The molecule has 0 saturated carbocycles. The van der Waals surface area contributed by atoms with Crippen molar-refractivity contribution in [2.45, 2.75) is 38.6 Å². The molecule has 1 aromatic rings. The van der Waals surface area contributed by atoms with Gasteiger partial charge in [0, 0.05) is 19.3 Å². The highest BCUT2D eigenvalue weighted by atomic mass is 15.3. The quantitative estimate of drug-likeness (QED) is 0.789. The summed E-state index contributed by atoms with van der Waals surface area (Å²) >= 11 is 0. The average molecular weight is 193 g/mol. The number of aromatic nitrogens is 2. The third kappa shape index (κ3) is 1.69. The van der Waals surface area contributed by atoms with Gasteiger partial charge in [0.25, 0.3) is 0 Å². The number of likely N-dealkylation sites (N-methyl/N-ethyl adjacent to an activating group) is 1. The van der Waals surface area contributed by atoms with Gasteiger partial charge in [0.05, 0.1) is 5.69 Å². The Kier molecular flexibility index (Phi) is 2.87. The zero-order chi connectivity index (χ0) is 9.97. The standard InChI is InChI=1S/C11H19N3/c1-3-14-8-10-9(7-12-2)5-4-6-11(10)13-14/h8-9,12H,3-7H2,1-2H3. The molecule has 0 saturated heterocycles. The Bertz CT molecular complexity index is 303. The second-order valence-electron chi connectivity index (χ2n) is 4.03. The monoisotopic (exact) mass is 193 g/mol. The normalized spacial score (nSPS) is 20.9. The van der Waals surface area contributed by atoms with E-state index >= 15 is 0 Å². The molecular weight excluding hydrogens is 174 g/mol. The summed E-state index contributed by atoms with van der Waals surface area (Å²) in [4.78, 5) is 0. The summed E-state index contributed by atoms with van der Waals surface area (Å²) in [7, 11) is 2.03. The molecule has 1 unspecified atom stereocenters. The maximum atomic E-state index is 4.59. The maximum absolute atomic E-state index is 4.59. The van der Waals surface area contributed by atoms with Crippen molar-refractivity contribution >= 4 is 0 Å². The maximum Gasteiger partial charge on any atom is 0.0659 e. The van der Waals surface area contributed by atoms with Crippen LogP contribution in [0.25, 0.3) is 0 Å². The van der Waals surface area contributed by atoms with Crippen molar-refractivity contribution < 1.29 is 0 Å². The third-order valence-electron chi connectivity index (χ3n) is 3.05. The van der Waals surface area contributed by atoms with Crippen LogP contribution in [0, 0.1) is 0 Å². The van der Waals surface area contributed by atoms with Crippen molar-refractivity contribution in [3.8, 4) is 0 Å². The summed E-state index contributed by atoms with van der Waals surface area (Å²) in [6, 6.07) is 0. The van der Waals surface area contributed by atoms with Crippen molar-refractivity contribution in [1.82, 2.24) is 15.1 Å². The van der Waals surface area contributed by atoms with Crippen LogP contribution in [0.3, 0.4) is 0 Å². The fourth-order valence-electron chi connectivity index (χ4n) is 2.30. The Morgan fingerprint density at radius 3 is 3.21 bits per heavy atom. The van der Waals surface area contributed by atoms with Crippen molar-refractivity contribution in [3.05, 3.63) is 17.5 Å². The van der Waals surface area contributed by atoms with Gasteiger partial charge < -0.3 is 5.32 Å². The van der Waals surface area contributed by atoms with Gasteiger partial charge in [-0.2, -0.15) is 5.10 Å². The molecule has 2 rings (SSSR count). The Morgan fingerprint density at radius 1 is 1.64 bits per heavy atom. The Labute approximate surface area is 85.5 Å². The van der Waals surface area contributed by atoms with Gasteiger partial charge in [-0.25, -0.2) is 0 Å². The lowest BCUT2D eigenvalue weighted by molar-refractivity contribution is 0.525. The van der Waals surface area contributed by atoms with Gasteiger partial charge in [0.2, 0.25) is 0 Å². The van der Waals surface area contributed by atoms with E-state index in [1.165, 1.54) is 30.5 Å². The number of hydrogen-bond acceptors (Lipinski definition) is 2. The first kappa shape index (κ1) is 9.71. The topological polar surface area (TPSA) is 29.9 Å². The summed E-state index contributed by atoms with van der Waals surface area (Å²) in [5.74, 6) is 0.684. The highest BCUT2D eigenvalue weighted by molar-refractivity contribution is 5.25. The van der Waals surface area contributed by atoms with Crippen LogP contribution >= 0.6 is 0 Å². The molecule has 3 nitrogen and oxygen atoms in total. The first-order valence-electron chi connectivity index (χ1n) is 5.56. The molecule has 0 radical (unpaired) electrons. The Morgan fingerprint density at radius 2 is 2.50 bits per heavy atom. The van der Waals surface area contributed by atoms with Gasteiger partial charge >= 0.3 is 0 Å². The molecule has 3 heteroatoms. The van der Waals surface area contributed by atoms with Crippen LogP contribution in [0.5, 0.6) is 0 Å². The van der Waals surface area contributed by atoms with Crippen LogP contribution in [-0.2, 0) is 13.0 Å². The van der Waals surface area contributed by atoms with Gasteiger partial charge in [0.1, 0.15) is 0 Å². The van der Waals surface area contributed by atoms with E-state index in [4.69, 9.17) is 0 Å². The smallest absolute Gasteiger partial charge is 0.0659 e. The van der Waals surface area contributed by atoms with E-state index in [9.17, 15) is 0 Å². The van der Waals surface area contributed by atoms with Gasteiger partial charge in [-0.15, -0.1) is 0 Å². The van der Waals surface area contributed by atoms with Gasteiger partial charge in [-0.3, -0.25) is 4.68 Å². The minimum absolute atomic E-state index is 0.684. The molecule has 0 fully saturated rings. The predicted octanol–water partition coefficient (Wildman–Crippen LogP) is 1.54. The zero-order valence-corrected chi connectivity index (χ0v) is 9.08. The van der Waals surface area contributed by atoms with E-state index in [-0.39, 0.29) is 0 Å². The highest BCUT2D eigenvalue weighted by Gasteiger charge is 2.22. The van der Waals surface area contributed by atoms with Crippen molar-refractivity contribution in [1.29, 1.82) is 0 Å². The number of aryl methyl sites for hydroxylation is 2. The molecule has 1 N–H and O–H groups in total. The average Bonchev–Trinajstić information content (AvgIpc) is 2.62. The van der Waals surface area contributed by atoms with E-state index in [0.717, 1.165) is 13.1 Å². The summed E-state index contributed by atoms with van der Waals surface area (Å²) < 4.78 is 2.07. The first-order chi connectivity index (χ1) is 6.85.